The van der Waals surface area contributed by atoms with Gasteiger partial charge in [-0.15, -0.1) is 0 Å². The normalized spacial score (nSPS) is 20.1. The van der Waals surface area contributed by atoms with E-state index in [2.05, 4.69) is 11.2 Å². The second-order valence-corrected chi connectivity index (χ2v) is 8.26. The van der Waals surface area contributed by atoms with Crippen molar-refractivity contribution in [2.75, 3.05) is 13.1 Å². The summed E-state index contributed by atoms with van der Waals surface area (Å²) in [6.07, 6.45) is 1.70. The predicted molar refractivity (Wildman–Crippen MR) is 111 cm³/mol. The van der Waals surface area contributed by atoms with Gasteiger partial charge in [-0.1, -0.05) is 30.3 Å². The van der Waals surface area contributed by atoms with Gasteiger partial charge in [0.25, 0.3) is 11.1 Å². The monoisotopic (exact) mass is 405 g/mol. The molecule has 2 aliphatic heterocycles. The number of aromatic amines is 1. The van der Waals surface area contributed by atoms with E-state index in [1.54, 1.807) is 6.07 Å². The van der Waals surface area contributed by atoms with E-state index in [4.69, 9.17) is 4.52 Å². The Hall–Kier alpha value is -3.35. The molecule has 7 heteroatoms. The fraction of sp³-hybridized carbons (Fsp3) is 0.348. The second kappa shape index (κ2) is 7.48. The van der Waals surface area contributed by atoms with E-state index in [1.807, 2.05) is 39.8 Å². The minimum Gasteiger partial charge on any atom is -0.384 e. The molecule has 0 aliphatic carbocycles. The van der Waals surface area contributed by atoms with Crippen LogP contribution in [0.5, 0.6) is 0 Å². The number of hydrogen-bond acceptors (Lipinski definition) is 4. The van der Waals surface area contributed by atoms with Crippen molar-refractivity contribution in [3.8, 4) is 11.1 Å². The number of nitrogens with one attached hydrogen (secondary N) is 1. The molecule has 2 aliphatic rings. The standard InChI is InChI=1S/C23H23N3O4/c27-21-11-19(30-24-21)6-7-22(28)25-12-15-8-18(14-25)20-9-17(10-23(29)26(20)13-15)16-4-2-1-3-5-16/h1-5,9-11,15,18H,6-8,12-14H2,(H,24,27)/t15-,18+/m0/s1. The van der Waals surface area contributed by atoms with Crippen molar-refractivity contribution < 1.29 is 9.32 Å². The first-order valence-corrected chi connectivity index (χ1v) is 10.3. The van der Waals surface area contributed by atoms with Gasteiger partial charge in [-0.2, -0.15) is 5.16 Å². The second-order valence-electron chi connectivity index (χ2n) is 8.26. The highest BCUT2D eigenvalue weighted by atomic mass is 16.5. The third kappa shape index (κ3) is 3.51. The fourth-order valence-electron chi connectivity index (χ4n) is 4.79. The molecule has 0 saturated carbocycles. The number of piperidine rings is 1. The van der Waals surface area contributed by atoms with E-state index in [1.165, 1.54) is 6.07 Å². The molecule has 1 amide bonds. The number of fused-ring (bicyclic) bond motifs is 4. The molecule has 1 saturated heterocycles. The van der Waals surface area contributed by atoms with Gasteiger partial charge in [0.2, 0.25) is 5.91 Å². The zero-order valence-electron chi connectivity index (χ0n) is 16.5. The Morgan fingerprint density at radius 3 is 2.63 bits per heavy atom. The number of carbonyl (C=O) groups is 1. The number of H-pyrrole nitrogens is 1. The molecular weight excluding hydrogens is 382 g/mol. The van der Waals surface area contributed by atoms with Crippen LogP contribution in [0, 0.1) is 5.92 Å². The van der Waals surface area contributed by atoms with E-state index < -0.39 is 0 Å². The molecule has 7 nitrogen and oxygen atoms in total. The number of nitrogens with zero attached hydrogens (tertiary/aromatic N) is 2. The lowest BCUT2D eigenvalue weighted by Gasteiger charge is -2.43. The number of amides is 1. The molecule has 2 atom stereocenters. The minimum absolute atomic E-state index is 0.0308. The molecule has 0 radical (unpaired) electrons. The van der Waals surface area contributed by atoms with Crippen LogP contribution in [0.15, 0.2) is 62.6 Å². The van der Waals surface area contributed by atoms with Crippen molar-refractivity contribution in [3.63, 3.8) is 0 Å². The van der Waals surface area contributed by atoms with Gasteiger partial charge in [-0.25, -0.2) is 0 Å². The third-order valence-corrected chi connectivity index (χ3v) is 6.18. The molecule has 0 spiro atoms. The van der Waals surface area contributed by atoms with Crippen LogP contribution in [0.4, 0.5) is 0 Å². The lowest BCUT2D eigenvalue weighted by atomic mass is 9.82. The number of hydrogen-bond donors (Lipinski definition) is 1. The number of rotatable bonds is 4. The molecule has 1 aromatic carbocycles. The Kier molecular flexibility index (Phi) is 4.65. The Morgan fingerprint density at radius 1 is 1.03 bits per heavy atom. The summed E-state index contributed by atoms with van der Waals surface area (Å²) < 4.78 is 6.94. The number of carbonyl (C=O) groups excluding carboxylic acids is 1. The molecule has 2 bridgehead atoms. The van der Waals surface area contributed by atoms with Gasteiger partial charge in [0.05, 0.1) is 0 Å². The van der Waals surface area contributed by atoms with Crippen molar-refractivity contribution in [2.45, 2.75) is 31.7 Å². The molecule has 3 aromatic rings. The van der Waals surface area contributed by atoms with Crippen LogP contribution >= 0.6 is 0 Å². The van der Waals surface area contributed by atoms with Gasteiger partial charge in [-0.3, -0.25) is 14.4 Å². The molecular formula is C23H23N3O4. The Morgan fingerprint density at radius 2 is 1.87 bits per heavy atom. The number of aromatic nitrogens is 2. The molecule has 1 N–H and O–H groups in total. The fourth-order valence-corrected chi connectivity index (χ4v) is 4.79. The first-order chi connectivity index (χ1) is 14.6. The lowest BCUT2D eigenvalue weighted by molar-refractivity contribution is -0.134. The Balaban J connectivity index is 1.37. The van der Waals surface area contributed by atoms with Crippen molar-refractivity contribution in [3.05, 3.63) is 80.7 Å². The summed E-state index contributed by atoms with van der Waals surface area (Å²) in [4.78, 5) is 38.7. The van der Waals surface area contributed by atoms with Crippen LogP contribution in [0.2, 0.25) is 0 Å². The summed E-state index contributed by atoms with van der Waals surface area (Å²) in [5.41, 5.74) is 2.71. The SMILES string of the molecule is O=C(CCc1cc(=O)[nH]o1)N1C[C@@H]2C[C@H](C1)c1cc(-c3ccccc3)cc(=O)n1C2. The van der Waals surface area contributed by atoms with Gasteiger partial charge in [0.1, 0.15) is 5.76 Å². The molecule has 1 fully saturated rings. The Labute approximate surface area is 172 Å². The van der Waals surface area contributed by atoms with Crippen LogP contribution in [-0.4, -0.2) is 33.6 Å². The van der Waals surface area contributed by atoms with Crippen LogP contribution in [0.3, 0.4) is 0 Å². The maximum Gasteiger partial charge on any atom is 0.280 e. The molecule has 2 aromatic heterocycles. The highest BCUT2D eigenvalue weighted by molar-refractivity contribution is 5.76. The molecule has 154 valence electrons. The van der Waals surface area contributed by atoms with Crippen LogP contribution in [0.1, 0.15) is 30.2 Å². The summed E-state index contributed by atoms with van der Waals surface area (Å²) >= 11 is 0. The smallest absolute Gasteiger partial charge is 0.280 e. The average Bonchev–Trinajstić information content (AvgIpc) is 3.18. The first-order valence-electron chi connectivity index (χ1n) is 10.3. The van der Waals surface area contributed by atoms with Crippen molar-refractivity contribution >= 4 is 5.91 Å². The Bertz CT molecular complexity index is 1190. The molecule has 4 heterocycles. The van der Waals surface area contributed by atoms with Crippen molar-refractivity contribution in [2.24, 2.45) is 5.92 Å². The zero-order valence-corrected chi connectivity index (χ0v) is 16.5. The van der Waals surface area contributed by atoms with Gasteiger partial charge >= 0.3 is 0 Å². The number of aryl methyl sites for hydroxylation is 1. The van der Waals surface area contributed by atoms with E-state index in [0.717, 1.165) is 23.2 Å². The maximum absolute atomic E-state index is 12.8. The molecule has 30 heavy (non-hydrogen) atoms. The summed E-state index contributed by atoms with van der Waals surface area (Å²) in [5.74, 6) is 0.993. The van der Waals surface area contributed by atoms with E-state index in [-0.39, 0.29) is 28.9 Å². The topological polar surface area (TPSA) is 88.3 Å². The molecule has 5 rings (SSSR count). The van der Waals surface area contributed by atoms with Gasteiger partial charge in [0.15, 0.2) is 0 Å². The average molecular weight is 405 g/mol. The summed E-state index contributed by atoms with van der Waals surface area (Å²) in [7, 11) is 0. The highest BCUT2D eigenvalue weighted by Crippen LogP contribution is 2.36. The lowest BCUT2D eigenvalue weighted by Crippen LogP contribution is -2.49. The summed E-state index contributed by atoms with van der Waals surface area (Å²) in [5, 5.41) is 2.25. The predicted octanol–water partition coefficient (Wildman–Crippen LogP) is 2.38. The summed E-state index contributed by atoms with van der Waals surface area (Å²) in [6, 6.07) is 15.1. The largest absolute Gasteiger partial charge is 0.384 e. The summed E-state index contributed by atoms with van der Waals surface area (Å²) in [6.45, 7) is 1.93. The zero-order chi connectivity index (χ0) is 20.7. The molecule has 0 unspecified atom stereocenters. The van der Waals surface area contributed by atoms with E-state index in [9.17, 15) is 14.4 Å². The number of benzene rings is 1. The van der Waals surface area contributed by atoms with Gasteiger partial charge < -0.3 is 14.0 Å². The third-order valence-electron chi connectivity index (χ3n) is 6.18. The van der Waals surface area contributed by atoms with Crippen molar-refractivity contribution in [1.82, 2.24) is 14.6 Å². The highest BCUT2D eigenvalue weighted by Gasteiger charge is 2.36. The first kappa shape index (κ1) is 18.7. The number of pyridine rings is 1. The van der Waals surface area contributed by atoms with Gasteiger partial charge in [-0.05, 0) is 29.5 Å². The van der Waals surface area contributed by atoms with Crippen LogP contribution in [-0.2, 0) is 17.8 Å². The minimum atomic E-state index is -0.291. The number of likely N-dealkylation sites (tertiary alicyclic amines) is 1. The van der Waals surface area contributed by atoms with Crippen LogP contribution in [0.25, 0.3) is 11.1 Å². The quantitative estimate of drug-likeness (QED) is 0.722. The van der Waals surface area contributed by atoms with Crippen molar-refractivity contribution in [1.29, 1.82) is 0 Å². The van der Waals surface area contributed by atoms with Crippen LogP contribution < -0.4 is 11.1 Å². The van der Waals surface area contributed by atoms with E-state index in [0.29, 0.717) is 38.2 Å². The van der Waals surface area contributed by atoms with Gasteiger partial charge in [0, 0.05) is 56.2 Å². The van der Waals surface area contributed by atoms with E-state index >= 15 is 0 Å². The maximum atomic E-state index is 12.8.